The molecule has 3 nitrogen and oxygen atoms in total. The van der Waals surface area contributed by atoms with Gasteiger partial charge in [-0.25, -0.2) is 4.98 Å². The first-order chi connectivity index (χ1) is 12.0. The van der Waals surface area contributed by atoms with Gasteiger partial charge in [0, 0.05) is 24.0 Å². The number of hydrogen-bond donors (Lipinski definition) is 0. The summed E-state index contributed by atoms with van der Waals surface area (Å²) < 4.78 is 0. The Morgan fingerprint density at radius 2 is 1.92 bits per heavy atom. The number of aryl methyl sites for hydroxylation is 1. The normalized spacial score (nSPS) is 21.8. The fourth-order valence-electron chi connectivity index (χ4n) is 4.59. The number of anilines is 2. The number of unbranched alkanes of at least 4 members (excludes halogenated alkanes) is 1. The second-order valence-corrected chi connectivity index (χ2v) is 8.18. The van der Waals surface area contributed by atoms with E-state index in [-0.39, 0.29) is 0 Å². The van der Waals surface area contributed by atoms with Crippen LogP contribution in [0.5, 0.6) is 0 Å². The van der Waals surface area contributed by atoms with Gasteiger partial charge in [-0.05, 0) is 44.2 Å². The Balaban J connectivity index is 2.07. The minimum absolute atomic E-state index is 0.363. The highest BCUT2D eigenvalue weighted by molar-refractivity contribution is 5.75. The number of rotatable bonds is 5. The van der Waals surface area contributed by atoms with Crippen molar-refractivity contribution < 1.29 is 0 Å². The lowest BCUT2D eigenvalue weighted by Crippen LogP contribution is -2.54. The predicted molar refractivity (Wildman–Crippen MR) is 108 cm³/mol. The van der Waals surface area contributed by atoms with Gasteiger partial charge in [0.15, 0.2) is 5.82 Å². The van der Waals surface area contributed by atoms with Gasteiger partial charge >= 0.3 is 0 Å². The molecule has 1 aromatic heterocycles. The molecular weight excluding hydrogens is 306 g/mol. The summed E-state index contributed by atoms with van der Waals surface area (Å²) in [7, 11) is 0. The summed E-state index contributed by atoms with van der Waals surface area (Å²) in [4.78, 5) is 10.1. The molecule has 1 aliphatic heterocycles. The molecule has 1 unspecified atom stereocenters. The molecule has 0 spiro atoms. The van der Waals surface area contributed by atoms with Gasteiger partial charge in [0.1, 0.15) is 0 Å². The molecule has 2 aliphatic rings. The van der Waals surface area contributed by atoms with Gasteiger partial charge in [-0.2, -0.15) is 0 Å². The van der Waals surface area contributed by atoms with Crippen LogP contribution in [0.25, 0.3) is 0 Å². The van der Waals surface area contributed by atoms with Crippen LogP contribution in [0.3, 0.4) is 0 Å². The molecule has 0 bridgehead atoms. The fraction of sp³-hybridized carbons (Fsp3) is 0.682. The van der Waals surface area contributed by atoms with Crippen LogP contribution >= 0.6 is 0 Å². The van der Waals surface area contributed by atoms with Crippen LogP contribution in [0, 0.1) is 12.8 Å². The summed E-state index contributed by atoms with van der Waals surface area (Å²) in [6.07, 6.45) is 9.06. The van der Waals surface area contributed by atoms with Crippen molar-refractivity contribution in [2.45, 2.75) is 84.7 Å². The quantitative estimate of drug-likeness (QED) is 0.686. The maximum absolute atomic E-state index is 5.04. The van der Waals surface area contributed by atoms with Crippen LogP contribution in [-0.2, 0) is 0 Å². The number of aromatic nitrogens is 1. The van der Waals surface area contributed by atoms with E-state index in [4.69, 9.17) is 4.98 Å². The third-order valence-electron chi connectivity index (χ3n) is 5.85. The highest BCUT2D eigenvalue weighted by Crippen LogP contribution is 2.44. The van der Waals surface area contributed by atoms with Gasteiger partial charge in [-0.15, -0.1) is 0 Å². The molecule has 1 fully saturated rings. The van der Waals surface area contributed by atoms with E-state index in [2.05, 4.69) is 56.2 Å². The van der Waals surface area contributed by atoms with Crippen molar-refractivity contribution in [3.63, 3.8) is 0 Å². The third-order valence-corrected chi connectivity index (χ3v) is 5.85. The number of nitrogens with zero attached hydrogens (tertiary/aromatic N) is 3. The van der Waals surface area contributed by atoms with Crippen molar-refractivity contribution in [3.8, 4) is 0 Å². The minimum Gasteiger partial charge on any atom is -0.343 e. The molecule has 1 aliphatic carbocycles. The SMILES string of the molecule is C=C1C(C(C)C)N(C2CCCCC2)c2nc(C)ccc2N1CCCC. The molecule has 0 N–H and O–H groups in total. The molecule has 1 atom stereocenters. The van der Waals surface area contributed by atoms with Crippen molar-refractivity contribution in [2.24, 2.45) is 5.92 Å². The van der Waals surface area contributed by atoms with Crippen LogP contribution in [0.15, 0.2) is 24.4 Å². The van der Waals surface area contributed by atoms with Gasteiger partial charge in [0.25, 0.3) is 0 Å². The van der Waals surface area contributed by atoms with E-state index in [0.29, 0.717) is 18.0 Å². The summed E-state index contributed by atoms with van der Waals surface area (Å²) in [6.45, 7) is 14.7. The first kappa shape index (κ1) is 18.3. The van der Waals surface area contributed by atoms with E-state index in [9.17, 15) is 0 Å². The highest BCUT2D eigenvalue weighted by atomic mass is 15.3. The molecular formula is C22H35N3. The van der Waals surface area contributed by atoms with Gasteiger partial charge in [0.05, 0.1) is 11.7 Å². The molecule has 1 aromatic rings. The number of hydrogen-bond acceptors (Lipinski definition) is 3. The standard InChI is InChI=1S/C22H35N3/c1-6-7-15-24-18(5)21(16(2)3)25(19-11-9-8-10-12-19)22-20(24)14-13-17(4)23-22/h13-14,16,19,21H,5-12,15H2,1-4H3. The van der Waals surface area contributed by atoms with Crippen molar-refractivity contribution in [3.05, 3.63) is 30.1 Å². The smallest absolute Gasteiger partial charge is 0.153 e. The van der Waals surface area contributed by atoms with E-state index in [0.717, 1.165) is 12.2 Å². The Morgan fingerprint density at radius 1 is 1.20 bits per heavy atom. The van der Waals surface area contributed by atoms with Crippen LogP contribution in [-0.4, -0.2) is 23.6 Å². The minimum atomic E-state index is 0.363. The topological polar surface area (TPSA) is 19.4 Å². The maximum Gasteiger partial charge on any atom is 0.153 e. The first-order valence-electron chi connectivity index (χ1n) is 10.3. The van der Waals surface area contributed by atoms with E-state index < -0.39 is 0 Å². The molecule has 3 heteroatoms. The largest absolute Gasteiger partial charge is 0.343 e. The van der Waals surface area contributed by atoms with Gasteiger partial charge in [0.2, 0.25) is 0 Å². The van der Waals surface area contributed by atoms with Crippen molar-refractivity contribution >= 4 is 11.5 Å². The van der Waals surface area contributed by atoms with Crippen LogP contribution < -0.4 is 9.80 Å². The summed E-state index contributed by atoms with van der Waals surface area (Å²) in [5, 5.41) is 0. The van der Waals surface area contributed by atoms with Crippen LogP contribution in [0.2, 0.25) is 0 Å². The lowest BCUT2D eigenvalue weighted by molar-refractivity contribution is 0.359. The van der Waals surface area contributed by atoms with E-state index in [1.165, 1.54) is 62.1 Å². The highest BCUT2D eigenvalue weighted by Gasteiger charge is 2.40. The van der Waals surface area contributed by atoms with E-state index in [1.807, 2.05) is 0 Å². The Morgan fingerprint density at radius 3 is 2.56 bits per heavy atom. The van der Waals surface area contributed by atoms with Crippen LogP contribution in [0.1, 0.15) is 71.4 Å². The van der Waals surface area contributed by atoms with Crippen molar-refractivity contribution in [2.75, 3.05) is 16.3 Å². The molecule has 0 amide bonds. The zero-order valence-corrected chi connectivity index (χ0v) is 16.6. The molecule has 25 heavy (non-hydrogen) atoms. The monoisotopic (exact) mass is 341 g/mol. The summed E-state index contributed by atoms with van der Waals surface area (Å²) in [6, 6.07) is 5.39. The average molecular weight is 342 g/mol. The molecule has 3 rings (SSSR count). The van der Waals surface area contributed by atoms with Crippen LogP contribution in [0.4, 0.5) is 11.5 Å². The zero-order chi connectivity index (χ0) is 18.0. The molecule has 0 aromatic carbocycles. The number of fused-ring (bicyclic) bond motifs is 1. The van der Waals surface area contributed by atoms with Crippen molar-refractivity contribution in [1.29, 1.82) is 0 Å². The Kier molecular flexibility index (Phi) is 5.71. The summed E-state index contributed by atoms with van der Waals surface area (Å²) in [5.41, 5.74) is 3.66. The van der Waals surface area contributed by atoms with E-state index in [1.54, 1.807) is 0 Å². The average Bonchev–Trinajstić information content (AvgIpc) is 2.60. The third kappa shape index (κ3) is 3.56. The van der Waals surface area contributed by atoms with E-state index >= 15 is 0 Å². The molecule has 2 heterocycles. The number of pyridine rings is 1. The lowest BCUT2D eigenvalue weighted by Gasteiger charge is -2.51. The molecule has 0 saturated heterocycles. The summed E-state index contributed by atoms with van der Waals surface area (Å²) in [5.74, 6) is 1.74. The van der Waals surface area contributed by atoms with Gasteiger partial charge in [-0.3, -0.25) is 0 Å². The van der Waals surface area contributed by atoms with Crippen molar-refractivity contribution in [1.82, 2.24) is 4.98 Å². The Labute approximate surface area is 154 Å². The second kappa shape index (κ2) is 7.80. The fourth-order valence-corrected chi connectivity index (χ4v) is 4.59. The van der Waals surface area contributed by atoms with Gasteiger partial charge < -0.3 is 9.80 Å². The Bertz CT molecular complexity index is 601. The molecule has 1 saturated carbocycles. The first-order valence-corrected chi connectivity index (χ1v) is 10.3. The molecule has 0 radical (unpaired) electrons. The lowest BCUT2D eigenvalue weighted by atomic mass is 9.88. The summed E-state index contributed by atoms with van der Waals surface area (Å²) >= 11 is 0. The second-order valence-electron chi connectivity index (χ2n) is 8.18. The Hall–Kier alpha value is -1.51. The van der Waals surface area contributed by atoms with Gasteiger partial charge in [-0.1, -0.05) is 53.0 Å². The maximum atomic E-state index is 5.04. The molecule has 138 valence electrons. The predicted octanol–water partition coefficient (Wildman–Crippen LogP) is 5.69. The zero-order valence-electron chi connectivity index (χ0n) is 16.6.